The molecule has 7 nitrogen and oxygen atoms in total. The third-order valence-electron chi connectivity index (χ3n) is 7.16. The Balaban J connectivity index is 1.67. The molecule has 1 saturated heterocycles. The van der Waals surface area contributed by atoms with Crippen LogP contribution in [0.1, 0.15) is 44.5 Å². The normalized spacial score (nSPS) is 14.3. The number of anilines is 2. The Morgan fingerprint density at radius 1 is 1.08 bits per heavy atom. The minimum absolute atomic E-state index is 0.0309. The standard InChI is InChI=1S/C29H39FN6O/c1-6-23-11-13-25(14-12-23)31-29(37)35(21(3)4)20-27-22(5)32-36(26-10-8-9-24(30)19-26)28(27)34-17-15-33(7-2)16-18-34/h8-14,19,21H,6-7,15-18,20H2,1-5H3,(H,31,37). The van der Waals surface area contributed by atoms with Gasteiger partial charge in [0, 0.05) is 43.5 Å². The van der Waals surface area contributed by atoms with Gasteiger partial charge < -0.3 is 20.0 Å². The highest BCUT2D eigenvalue weighted by Crippen LogP contribution is 2.30. The number of hydrogen-bond donors (Lipinski definition) is 1. The monoisotopic (exact) mass is 506 g/mol. The van der Waals surface area contributed by atoms with Crippen molar-refractivity contribution in [3.63, 3.8) is 0 Å². The lowest BCUT2D eigenvalue weighted by Crippen LogP contribution is -2.47. The van der Waals surface area contributed by atoms with Gasteiger partial charge in [-0.25, -0.2) is 13.9 Å². The molecule has 4 rings (SSSR count). The topological polar surface area (TPSA) is 56.6 Å². The van der Waals surface area contributed by atoms with E-state index in [0.717, 1.165) is 61.9 Å². The Kier molecular flexibility index (Phi) is 8.48. The van der Waals surface area contributed by atoms with Crippen LogP contribution >= 0.6 is 0 Å². The summed E-state index contributed by atoms with van der Waals surface area (Å²) in [6.07, 6.45) is 0.955. The summed E-state index contributed by atoms with van der Waals surface area (Å²) < 4.78 is 16.0. The van der Waals surface area contributed by atoms with Gasteiger partial charge in [-0.1, -0.05) is 32.0 Å². The molecule has 0 aliphatic carbocycles. The van der Waals surface area contributed by atoms with Crippen LogP contribution < -0.4 is 10.2 Å². The number of nitrogens with zero attached hydrogens (tertiary/aromatic N) is 5. The van der Waals surface area contributed by atoms with Gasteiger partial charge in [0.05, 0.1) is 17.9 Å². The molecular weight excluding hydrogens is 467 g/mol. The van der Waals surface area contributed by atoms with Crippen molar-refractivity contribution in [3.05, 3.63) is 71.2 Å². The first kappa shape index (κ1) is 26.7. The van der Waals surface area contributed by atoms with E-state index in [0.29, 0.717) is 12.2 Å². The van der Waals surface area contributed by atoms with E-state index in [1.807, 2.05) is 60.7 Å². The van der Waals surface area contributed by atoms with Crippen LogP contribution in [-0.4, -0.2) is 64.4 Å². The SMILES string of the molecule is CCc1ccc(NC(=O)N(Cc2c(C)nn(-c3cccc(F)c3)c2N2CCN(CC)CC2)C(C)C)cc1. The maximum Gasteiger partial charge on any atom is 0.322 e. The summed E-state index contributed by atoms with van der Waals surface area (Å²) in [4.78, 5) is 20.0. The molecule has 2 amide bonds. The van der Waals surface area contributed by atoms with E-state index in [2.05, 4.69) is 29.0 Å². The lowest BCUT2D eigenvalue weighted by molar-refractivity contribution is 0.193. The number of amides is 2. The van der Waals surface area contributed by atoms with E-state index in [1.54, 1.807) is 6.07 Å². The maximum atomic E-state index is 14.2. The Morgan fingerprint density at radius 2 is 1.78 bits per heavy atom. The van der Waals surface area contributed by atoms with Crippen LogP contribution in [0.3, 0.4) is 0 Å². The van der Waals surface area contributed by atoms with Gasteiger partial charge in [0.15, 0.2) is 0 Å². The molecule has 8 heteroatoms. The minimum atomic E-state index is -0.300. The molecule has 3 aromatic rings. The van der Waals surface area contributed by atoms with E-state index in [4.69, 9.17) is 5.10 Å². The van der Waals surface area contributed by atoms with Crippen molar-refractivity contribution < 1.29 is 9.18 Å². The third kappa shape index (κ3) is 6.13. The van der Waals surface area contributed by atoms with E-state index >= 15 is 0 Å². The largest absolute Gasteiger partial charge is 0.354 e. The fourth-order valence-electron chi connectivity index (χ4n) is 4.80. The summed E-state index contributed by atoms with van der Waals surface area (Å²) in [6.45, 7) is 15.3. The zero-order chi connectivity index (χ0) is 26.5. The van der Waals surface area contributed by atoms with Crippen molar-refractivity contribution >= 4 is 17.5 Å². The van der Waals surface area contributed by atoms with Crippen LogP contribution in [0.4, 0.5) is 20.7 Å². The van der Waals surface area contributed by atoms with E-state index < -0.39 is 0 Å². The Bertz CT molecular complexity index is 1200. The quantitative estimate of drug-likeness (QED) is 0.440. The van der Waals surface area contributed by atoms with Crippen LogP contribution in [0.5, 0.6) is 0 Å². The molecule has 2 aromatic carbocycles. The predicted molar refractivity (Wildman–Crippen MR) is 148 cm³/mol. The Morgan fingerprint density at radius 3 is 2.38 bits per heavy atom. The molecule has 1 aromatic heterocycles. The van der Waals surface area contributed by atoms with Crippen LogP contribution in [-0.2, 0) is 13.0 Å². The van der Waals surface area contributed by atoms with E-state index in [1.165, 1.54) is 17.7 Å². The van der Waals surface area contributed by atoms with Crippen molar-refractivity contribution in [2.24, 2.45) is 0 Å². The number of carbonyl (C=O) groups excluding carboxylic acids is 1. The number of aromatic nitrogens is 2. The number of likely N-dealkylation sites (N-methyl/N-ethyl adjacent to an activating group) is 1. The maximum absolute atomic E-state index is 14.2. The summed E-state index contributed by atoms with van der Waals surface area (Å²) in [5.74, 6) is 0.635. The Labute approximate surface area is 219 Å². The molecular formula is C29H39FN6O. The molecule has 198 valence electrons. The van der Waals surface area contributed by atoms with Crippen LogP contribution in [0.25, 0.3) is 5.69 Å². The fraction of sp³-hybridized carbons (Fsp3) is 0.448. The zero-order valence-electron chi connectivity index (χ0n) is 22.7. The minimum Gasteiger partial charge on any atom is -0.354 e. The highest BCUT2D eigenvalue weighted by molar-refractivity contribution is 5.89. The van der Waals surface area contributed by atoms with Gasteiger partial charge in [-0.2, -0.15) is 5.10 Å². The van der Waals surface area contributed by atoms with Crippen molar-refractivity contribution in [3.8, 4) is 5.69 Å². The highest BCUT2D eigenvalue weighted by atomic mass is 19.1. The molecule has 1 aliphatic heterocycles. The van der Waals surface area contributed by atoms with E-state index in [-0.39, 0.29) is 17.9 Å². The molecule has 0 unspecified atom stereocenters. The average molecular weight is 507 g/mol. The molecule has 0 saturated carbocycles. The summed E-state index contributed by atoms with van der Waals surface area (Å²) >= 11 is 0. The number of aryl methyl sites for hydroxylation is 2. The van der Waals surface area contributed by atoms with Crippen LogP contribution in [0, 0.1) is 12.7 Å². The van der Waals surface area contributed by atoms with Gasteiger partial charge in [0.1, 0.15) is 11.6 Å². The van der Waals surface area contributed by atoms with Crippen molar-refractivity contribution in [2.45, 2.75) is 53.6 Å². The number of carbonyl (C=O) groups is 1. The second-order valence-corrected chi connectivity index (χ2v) is 9.90. The number of benzene rings is 2. The second-order valence-electron chi connectivity index (χ2n) is 9.90. The summed E-state index contributed by atoms with van der Waals surface area (Å²) in [5.41, 5.74) is 4.50. The first-order valence-corrected chi connectivity index (χ1v) is 13.3. The van der Waals surface area contributed by atoms with Gasteiger partial charge in [0.2, 0.25) is 0 Å². The number of urea groups is 1. The second kappa shape index (κ2) is 11.8. The zero-order valence-corrected chi connectivity index (χ0v) is 22.7. The average Bonchev–Trinajstić information content (AvgIpc) is 3.23. The molecule has 0 atom stereocenters. The number of rotatable bonds is 8. The van der Waals surface area contributed by atoms with Gasteiger partial charge >= 0.3 is 6.03 Å². The molecule has 0 spiro atoms. The first-order valence-electron chi connectivity index (χ1n) is 13.3. The Hall–Kier alpha value is -3.39. The van der Waals surface area contributed by atoms with Crippen LogP contribution in [0.2, 0.25) is 0 Å². The van der Waals surface area contributed by atoms with Gasteiger partial charge in [-0.05, 0) is 69.6 Å². The van der Waals surface area contributed by atoms with Crippen molar-refractivity contribution in [1.29, 1.82) is 0 Å². The summed E-state index contributed by atoms with van der Waals surface area (Å²) in [5, 5.41) is 7.91. The number of nitrogens with one attached hydrogen (secondary N) is 1. The van der Waals surface area contributed by atoms with Crippen molar-refractivity contribution in [1.82, 2.24) is 19.6 Å². The number of hydrogen-bond acceptors (Lipinski definition) is 4. The molecule has 2 heterocycles. The number of piperazine rings is 1. The van der Waals surface area contributed by atoms with Gasteiger partial charge in [-0.3, -0.25) is 0 Å². The molecule has 0 radical (unpaired) electrons. The smallest absolute Gasteiger partial charge is 0.322 e. The van der Waals surface area contributed by atoms with E-state index in [9.17, 15) is 9.18 Å². The first-order chi connectivity index (χ1) is 17.8. The lowest BCUT2D eigenvalue weighted by Gasteiger charge is -2.36. The molecule has 1 fully saturated rings. The summed E-state index contributed by atoms with van der Waals surface area (Å²) in [6, 6.07) is 14.3. The molecule has 37 heavy (non-hydrogen) atoms. The third-order valence-corrected chi connectivity index (χ3v) is 7.16. The van der Waals surface area contributed by atoms with Gasteiger partial charge in [-0.15, -0.1) is 0 Å². The van der Waals surface area contributed by atoms with Gasteiger partial charge in [0.25, 0.3) is 0 Å². The lowest BCUT2D eigenvalue weighted by atomic mass is 10.1. The van der Waals surface area contributed by atoms with Crippen molar-refractivity contribution in [2.75, 3.05) is 42.9 Å². The molecule has 1 aliphatic rings. The highest BCUT2D eigenvalue weighted by Gasteiger charge is 2.28. The molecule has 0 bridgehead atoms. The summed E-state index contributed by atoms with van der Waals surface area (Å²) in [7, 11) is 0. The number of halogens is 1. The fourth-order valence-corrected chi connectivity index (χ4v) is 4.80. The van der Waals surface area contributed by atoms with Crippen LogP contribution in [0.15, 0.2) is 48.5 Å². The molecule has 1 N–H and O–H groups in total. The predicted octanol–water partition coefficient (Wildman–Crippen LogP) is 5.47.